The Labute approximate surface area is 104 Å². The van der Waals surface area contributed by atoms with Crippen LogP contribution in [-0.4, -0.2) is 17.2 Å². The van der Waals surface area contributed by atoms with Crippen LogP contribution in [0.5, 0.6) is 0 Å². The molecule has 0 fully saturated rings. The second-order valence-corrected chi connectivity index (χ2v) is 4.16. The molecule has 0 aliphatic carbocycles. The molecule has 2 N–H and O–H groups in total. The lowest BCUT2D eigenvalue weighted by atomic mass is 10.2. The molecule has 0 spiro atoms. The molecule has 0 aliphatic heterocycles. The van der Waals surface area contributed by atoms with Crippen LogP contribution in [0, 0.1) is 5.82 Å². The van der Waals surface area contributed by atoms with Crippen molar-refractivity contribution in [1.82, 2.24) is 10.2 Å². The standard InChI is InChI=1S/C12H15FN4O/c1-8(14)11-15-16-12(18-11)17(2)7-9-5-3-4-6-10(9)13/h3-6,8H,7,14H2,1-2H3. The quantitative estimate of drug-likeness (QED) is 0.897. The second-order valence-electron chi connectivity index (χ2n) is 4.16. The molecule has 0 saturated carbocycles. The van der Waals surface area contributed by atoms with Crippen molar-refractivity contribution in [2.45, 2.75) is 19.5 Å². The summed E-state index contributed by atoms with van der Waals surface area (Å²) in [5.41, 5.74) is 6.20. The van der Waals surface area contributed by atoms with E-state index in [0.717, 1.165) is 0 Å². The molecule has 0 radical (unpaired) electrons. The van der Waals surface area contributed by atoms with Crippen LogP contribution < -0.4 is 10.6 Å². The highest BCUT2D eigenvalue weighted by molar-refractivity contribution is 5.28. The zero-order valence-electron chi connectivity index (χ0n) is 10.3. The monoisotopic (exact) mass is 250 g/mol. The van der Waals surface area contributed by atoms with Gasteiger partial charge in [-0.15, -0.1) is 5.10 Å². The van der Waals surface area contributed by atoms with Crippen molar-refractivity contribution in [3.05, 3.63) is 41.5 Å². The summed E-state index contributed by atoms with van der Waals surface area (Å²) in [6.07, 6.45) is 0. The lowest BCUT2D eigenvalue weighted by Crippen LogP contribution is -2.17. The van der Waals surface area contributed by atoms with Gasteiger partial charge < -0.3 is 15.1 Å². The SMILES string of the molecule is CC(N)c1nnc(N(C)Cc2ccccc2F)o1. The fraction of sp³-hybridized carbons (Fsp3) is 0.333. The first-order chi connectivity index (χ1) is 8.58. The lowest BCUT2D eigenvalue weighted by Gasteiger charge is -2.14. The van der Waals surface area contributed by atoms with Crippen molar-refractivity contribution >= 4 is 6.01 Å². The fourth-order valence-corrected chi connectivity index (χ4v) is 1.51. The molecule has 2 aromatic rings. The van der Waals surface area contributed by atoms with Crippen LogP contribution in [0.4, 0.5) is 10.4 Å². The predicted molar refractivity (Wildman–Crippen MR) is 65.4 cm³/mol. The molecule has 5 nitrogen and oxygen atoms in total. The van der Waals surface area contributed by atoms with Gasteiger partial charge in [0.25, 0.3) is 0 Å². The van der Waals surface area contributed by atoms with E-state index in [1.54, 1.807) is 37.1 Å². The number of aromatic nitrogens is 2. The highest BCUT2D eigenvalue weighted by atomic mass is 19.1. The van der Waals surface area contributed by atoms with Gasteiger partial charge in [0.15, 0.2) is 0 Å². The third-order valence-corrected chi connectivity index (χ3v) is 2.51. The number of rotatable bonds is 4. The molecule has 0 bridgehead atoms. The molecule has 0 aliphatic rings. The number of halogens is 1. The first-order valence-corrected chi connectivity index (χ1v) is 5.61. The van der Waals surface area contributed by atoms with Gasteiger partial charge in [-0.3, -0.25) is 0 Å². The topological polar surface area (TPSA) is 68.2 Å². The van der Waals surface area contributed by atoms with E-state index in [4.69, 9.17) is 10.2 Å². The van der Waals surface area contributed by atoms with Crippen LogP contribution in [0.3, 0.4) is 0 Å². The Kier molecular flexibility index (Phi) is 3.57. The van der Waals surface area contributed by atoms with E-state index < -0.39 is 0 Å². The van der Waals surface area contributed by atoms with Crippen molar-refractivity contribution < 1.29 is 8.81 Å². The molecular formula is C12H15FN4O. The number of benzene rings is 1. The molecule has 1 unspecified atom stereocenters. The van der Waals surface area contributed by atoms with E-state index in [2.05, 4.69) is 10.2 Å². The predicted octanol–water partition coefficient (Wildman–Crippen LogP) is 1.86. The van der Waals surface area contributed by atoms with E-state index in [1.807, 2.05) is 0 Å². The molecular weight excluding hydrogens is 235 g/mol. The minimum Gasteiger partial charge on any atom is -0.406 e. The maximum Gasteiger partial charge on any atom is 0.318 e. The average molecular weight is 250 g/mol. The lowest BCUT2D eigenvalue weighted by molar-refractivity contribution is 0.459. The van der Waals surface area contributed by atoms with Crippen LogP contribution in [0.25, 0.3) is 0 Å². The van der Waals surface area contributed by atoms with Gasteiger partial charge in [0.1, 0.15) is 5.82 Å². The average Bonchev–Trinajstić information content (AvgIpc) is 2.81. The Morgan fingerprint density at radius 3 is 2.72 bits per heavy atom. The Morgan fingerprint density at radius 1 is 1.39 bits per heavy atom. The highest BCUT2D eigenvalue weighted by Crippen LogP contribution is 2.17. The summed E-state index contributed by atoms with van der Waals surface area (Å²) in [6.45, 7) is 2.11. The number of anilines is 1. The maximum atomic E-state index is 13.5. The van der Waals surface area contributed by atoms with Gasteiger partial charge in [-0.05, 0) is 13.0 Å². The third-order valence-electron chi connectivity index (χ3n) is 2.51. The van der Waals surface area contributed by atoms with E-state index in [-0.39, 0.29) is 11.9 Å². The van der Waals surface area contributed by atoms with Gasteiger partial charge >= 0.3 is 6.01 Å². The highest BCUT2D eigenvalue weighted by Gasteiger charge is 2.14. The summed E-state index contributed by atoms with van der Waals surface area (Å²) in [7, 11) is 1.75. The molecule has 1 heterocycles. The third kappa shape index (κ3) is 2.65. The van der Waals surface area contributed by atoms with Crippen LogP contribution in [0.15, 0.2) is 28.7 Å². The Balaban J connectivity index is 2.12. The van der Waals surface area contributed by atoms with Gasteiger partial charge in [-0.1, -0.05) is 23.3 Å². The molecule has 18 heavy (non-hydrogen) atoms. The zero-order valence-corrected chi connectivity index (χ0v) is 10.3. The van der Waals surface area contributed by atoms with Crippen molar-refractivity contribution in [2.24, 2.45) is 5.73 Å². The summed E-state index contributed by atoms with van der Waals surface area (Å²) in [6, 6.07) is 6.59. The first kappa shape index (κ1) is 12.5. The van der Waals surface area contributed by atoms with Gasteiger partial charge in [-0.25, -0.2) is 4.39 Å². The number of hydrogen-bond donors (Lipinski definition) is 1. The van der Waals surface area contributed by atoms with Crippen molar-refractivity contribution in [1.29, 1.82) is 0 Å². The summed E-state index contributed by atoms with van der Waals surface area (Å²) in [5, 5.41) is 7.69. The van der Waals surface area contributed by atoms with Crippen LogP contribution >= 0.6 is 0 Å². The minimum atomic E-state index is -0.312. The summed E-state index contributed by atoms with van der Waals surface area (Å²) >= 11 is 0. The maximum absolute atomic E-state index is 13.5. The van der Waals surface area contributed by atoms with Crippen LogP contribution in [-0.2, 0) is 6.54 Å². The van der Waals surface area contributed by atoms with Gasteiger partial charge in [0.2, 0.25) is 5.89 Å². The van der Waals surface area contributed by atoms with E-state index >= 15 is 0 Å². The summed E-state index contributed by atoms with van der Waals surface area (Å²) in [4.78, 5) is 1.68. The van der Waals surface area contributed by atoms with Crippen LogP contribution in [0.2, 0.25) is 0 Å². The van der Waals surface area contributed by atoms with Gasteiger partial charge in [-0.2, -0.15) is 0 Å². The summed E-state index contributed by atoms with van der Waals surface area (Å²) < 4.78 is 18.9. The fourth-order valence-electron chi connectivity index (χ4n) is 1.51. The smallest absolute Gasteiger partial charge is 0.318 e. The molecule has 6 heteroatoms. The van der Waals surface area contributed by atoms with Crippen molar-refractivity contribution in [3.63, 3.8) is 0 Å². The molecule has 2 rings (SSSR count). The summed E-state index contributed by atoms with van der Waals surface area (Å²) in [5.74, 6) is 0.113. The van der Waals surface area contributed by atoms with Gasteiger partial charge in [0, 0.05) is 19.2 Å². The Morgan fingerprint density at radius 2 is 2.11 bits per heavy atom. The first-order valence-electron chi connectivity index (χ1n) is 5.61. The van der Waals surface area contributed by atoms with E-state index in [0.29, 0.717) is 24.0 Å². The molecule has 0 amide bonds. The molecule has 1 aromatic carbocycles. The number of nitrogens with two attached hydrogens (primary N) is 1. The van der Waals surface area contributed by atoms with Crippen LogP contribution in [0.1, 0.15) is 24.4 Å². The Hall–Kier alpha value is -1.95. The minimum absolute atomic E-state index is 0.253. The largest absolute Gasteiger partial charge is 0.406 e. The molecule has 0 saturated heterocycles. The van der Waals surface area contributed by atoms with Gasteiger partial charge in [0.05, 0.1) is 6.04 Å². The van der Waals surface area contributed by atoms with Crippen molar-refractivity contribution in [2.75, 3.05) is 11.9 Å². The Bertz CT molecular complexity index is 526. The zero-order chi connectivity index (χ0) is 13.1. The molecule has 96 valence electrons. The number of nitrogens with zero attached hydrogens (tertiary/aromatic N) is 3. The van der Waals surface area contributed by atoms with Crippen molar-refractivity contribution in [3.8, 4) is 0 Å². The molecule has 1 atom stereocenters. The van der Waals surface area contributed by atoms with E-state index in [9.17, 15) is 4.39 Å². The van der Waals surface area contributed by atoms with E-state index in [1.165, 1.54) is 6.07 Å². The molecule has 1 aromatic heterocycles. The second kappa shape index (κ2) is 5.14. The normalized spacial score (nSPS) is 12.4. The number of hydrogen-bond acceptors (Lipinski definition) is 5.